The fraction of sp³-hybridized carbons (Fsp3) is 0.333. The van der Waals surface area contributed by atoms with E-state index in [1.54, 1.807) is 0 Å². The van der Waals surface area contributed by atoms with Gasteiger partial charge in [-0.05, 0) is 18.2 Å². The molecule has 0 aromatic heterocycles. The molecule has 0 saturated carbocycles. The average molecular weight is 269 g/mol. The van der Waals surface area contributed by atoms with E-state index in [0.29, 0.717) is 5.02 Å². The van der Waals surface area contributed by atoms with Crippen molar-refractivity contribution >= 4 is 23.2 Å². The fourth-order valence-corrected chi connectivity index (χ4v) is 1.88. The molecule has 0 unspecified atom stereocenters. The van der Waals surface area contributed by atoms with Gasteiger partial charge in [-0.25, -0.2) is 4.39 Å². The number of nitriles is 1. The van der Waals surface area contributed by atoms with Gasteiger partial charge in [-0.3, -0.25) is 4.79 Å². The van der Waals surface area contributed by atoms with Crippen molar-refractivity contribution in [3.63, 3.8) is 0 Å². The number of amides is 1. The Morgan fingerprint density at radius 3 is 2.78 bits per heavy atom. The molecule has 0 bridgehead atoms. The van der Waals surface area contributed by atoms with Crippen LogP contribution in [-0.2, 0) is 9.53 Å². The maximum atomic E-state index is 13.6. The van der Waals surface area contributed by atoms with E-state index >= 15 is 0 Å². The number of nitrogens with zero attached hydrogens (tertiary/aromatic N) is 2. The van der Waals surface area contributed by atoms with Crippen LogP contribution in [0.2, 0.25) is 5.02 Å². The van der Waals surface area contributed by atoms with Gasteiger partial charge in [-0.2, -0.15) is 5.26 Å². The number of halogens is 2. The van der Waals surface area contributed by atoms with E-state index in [0.717, 1.165) is 4.90 Å². The Hall–Kier alpha value is -1.64. The molecule has 18 heavy (non-hydrogen) atoms. The van der Waals surface area contributed by atoms with Crippen LogP contribution in [0.5, 0.6) is 0 Å². The van der Waals surface area contributed by atoms with Crippen molar-refractivity contribution < 1.29 is 13.9 Å². The van der Waals surface area contributed by atoms with E-state index in [-0.39, 0.29) is 18.9 Å². The van der Waals surface area contributed by atoms with Crippen LogP contribution in [0.1, 0.15) is 0 Å². The summed E-state index contributed by atoms with van der Waals surface area (Å²) in [6, 6.07) is 5.85. The van der Waals surface area contributed by atoms with Crippen LogP contribution in [0.3, 0.4) is 0 Å². The lowest BCUT2D eigenvalue weighted by atomic mass is 9.86. The van der Waals surface area contributed by atoms with Gasteiger partial charge in [0.05, 0.1) is 25.0 Å². The molecule has 1 heterocycles. The summed E-state index contributed by atoms with van der Waals surface area (Å²) in [7, 11) is 1.41. The minimum atomic E-state index is -1.20. The lowest BCUT2D eigenvalue weighted by molar-refractivity contribution is -0.146. The van der Waals surface area contributed by atoms with Crippen LogP contribution >= 0.6 is 11.6 Å². The van der Waals surface area contributed by atoms with Crippen LogP contribution in [0, 0.1) is 22.6 Å². The highest BCUT2D eigenvalue weighted by Gasteiger charge is 2.48. The molecule has 1 aliphatic rings. The van der Waals surface area contributed by atoms with Crippen LogP contribution in [0.15, 0.2) is 18.2 Å². The van der Waals surface area contributed by atoms with Crippen molar-refractivity contribution in [3.8, 4) is 6.07 Å². The third-order valence-electron chi connectivity index (χ3n) is 2.89. The predicted molar refractivity (Wildman–Crippen MR) is 63.7 cm³/mol. The zero-order valence-electron chi connectivity index (χ0n) is 9.61. The number of hydrogen-bond donors (Lipinski definition) is 0. The van der Waals surface area contributed by atoms with E-state index in [1.807, 2.05) is 6.07 Å². The highest BCUT2D eigenvalue weighted by molar-refractivity contribution is 6.31. The van der Waals surface area contributed by atoms with Crippen molar-refractivity contribution in [1.29, 1.82) is 5.26 Å². The van der Waals surface area contributed by atoms with E-state index in [1.165, 1.54) is 25.2 Å². The van der Waals surface area contributed by atoms with Gasteiger partial charge in [0.1, 0.15) is 5.82 Å². The van der Waals surface area contributed by atoms with Gasteiger partial charge in [-0.1, -0.05) is 11.6 Å². The van der Waals surface area contributed by atoms with Crippen LogP contribution in [0.4, 0.5) is 10.1 Å². The second-order valence-electron chi connectivity index (χ2n) is 4.15. The van der Waals surface area contributed by atoms with Crippen molar-refractivity contribution in [1.82, 2.24) is 0 Å². The normalized spacial score (nSPS) is 16.6. The van der Waals surface area contributed by atoms with Crippen molar-refractivity contribution in [2.45, 2.75) is 0 Å². The van der Waals surface area contributed by atoms with Gasteiger partial charge in [0.25, 0.3) is 5.91 Å². The third kappa shape index (κ3) is 1.94. The number of rotatable bonds is 2. The molecule has 4 nitrogen and oxygen atoms in total. The summed E-state index contributed by atoms with van der Waals surface area (Å²) in [5, 5.41) is 9.35. The van der Waals surface area contributed by atoms with Gasteiger partial charge < -0.3 is 9.64 Å². The molecule has 2 rings (SSSR count). The lowest BCUT2D eigenvalue weighted by Gasteiger charge is -2.36. The van der Waals surface area contributed by atoms with E-state index in [4.69, 9.17) is 21.6 Å². The third-order valence-corrected chi connectivity index (χ3v) is 3.13. The minimum Gasteiger partial charge on any atom is -0.377 e. The Labute approximate surface area is 109 Å². The van der Waals surface area contributed by atoms with E-state index in [2.05, 4.69) is 0 Å². The quantitative estimate of drug-likeness (QED) is 0.824. The fourth-order valence-electron chi connectivity index (χ4n) is 1.72. The summed E-state index contributed by atoms with van der Waals surface area (Å²) in [4.78, 5) is 13.3. The summed E-state index contributed by atoms with van der Waals surface area (Å²) in [6.07, 6.45) is 0. The standard InChI is InChI=1S/C12H10ClFN2O2/c1-16(10-4-8(13)2-3-9(10)14)11(17)12(5-15)6-18-7-12/h2-4H,6-7H2,1H3. The number of benzene rings is 1. The highest BCUT2D eigenvalue weighted by atomic mass is 35.5. The monoisotopic (exact) mass is 268 g/mol. The average Bonchev–Trinajstić information content (AvgIpc) is 2.30. The van der Waals surface area contributed by atoms with Crippen LogP contribution in [0.25, 0.3) is 0 Å². The molecule has 0 spiro atoms. The number of carbonyl (C=O) groups excluding carboxylic acids is 1. The van der Waals surface area contributed by atoms with Gasteiger partial charge in [0, 0.05) is 12.1 Å². The molecule has 0 atom stereocenters. The molecule has 94 valence electrons. The number of ether oxygens (including phenoxy) is 1. The van der Waals surface area contributed by atoms with Gasteiger partial charge >= 0.3 is 0 Å². The molecule has 1 aliphatic heterocycles. The topological polar surface area (TPSA) is 53.3 Å². The molecular weight excluding hydrogens is 259 g/mol. The van der Waals surface area contributed by atoms with Crippen LogP contribution in [-0.4, -0.2) is 26.2 Å². The molecule has 1 aromatic carbocycles. The largest absolute Gasteiger partial charge is 0.377 e. The summed E-state index contributed by atoms with van der Waals surface area (Å²) < 4.78 is 18.5. The Morgan fingerprint density at radius 2 is 2.28 bits per heavy atom. The van der Waals surface area contributed by atoms with E-state index in [9.17, 15) is 9.18 Å². The number of carbonyl (C=O) groups is 1. The lowest BCUT2D eigenvalue weighted by Crippen LogP contribution is -2.53. The smallest absolute Gasteiger partial charge is 0.252 e. The first-order valence-electron chi connectivity index (χ1n) is 5.22. The van der Waals surface area contributed by atoms with Gasteiger partial charge in [-0.15, -0.1) is 0 Å². The van der Waals surface area contributed by atoms with Gasteiger partial charge in [0.2, 0.25) is 0 Å². The molecule has 1 amide bonds. The molecule has 0 aliphatic carbocycles. The maximum absolute atomic E-state index is 13.6. The highest BCUT2D eigenvalue weighted by Crippen LogP contribution is 2.32. The second-order valence-corrected chi connectivity index (χ2v) is 4.58. The molecule has 1 saturated heterocycles. The van der Waals surface area contributed by atoms with Crippen molar-refractivity contribution in [3.05, 3.63) is 29.0 Å². The molecule has 1 aromatic rings. The molecular formula is C12H10ClFN2O2. The van der Waals surface area contributed by atoms with Crippen LogP contribution < -0.4 is 4.90 Å². The zero-order chi connectivity index (χ0) is 13.3. The Morgan fingerprint density at radius 1 is 1.61 bits per heavy atom. The molecule has 6 heteroatoms. The summed E-state index contributed by atoms with van der Waals surface area (Å²) in [5.74, 6) is -1.05. The summed E-state index contributed by atoms with van der Waals surface area (Å²) in [6.45, 7) is 0.0731. The number of anilines is 1. The first kappa shape index (κ1) is 12.8. The molecule has 0 radical (unpaired) electrons. The first-order valence-corrected chi connectivity index (χ1v) is 5.60. The summed E-state index contributed by atoms with van der Waals surface area (Å²) in [5.41, 5.74) is -1.15. The van der Waals surface area contributed by atoms with Crippen molar-refractivity contribution in [2.24, 2.45) is 5.41 Å². The minimum absolute atomic E-state index is 0.0366. The second kappa shape index (κ2) is 4.56. The Kier molecular flexibility index (Phi) is 3.24. The van der Waals surface area contributed by atoms with Crippen molar-refractivity contribution in [2.75, 3.05) is 25.2 Å². The Balaban J connectivity index is 2.31. The zero-order valence-corrected chi connectivity index (χ0v) is 10.4. The molecule has 1 fully saturated rings. The first-order chi connectivity index (χ1) is 8.50. The maximum Gasteiger partial charge on any atom is 0.252 e. The summed E-state index contributed by atoms with van der Waals surface area (Å²) >= 11 is 5.77. The number of hydrogen-bond acceptors (Lipinski definition) is 3. The predicted octanol–water partition coefficient (Wildman–Crippen LogP) is 1.98. The van der Waals surface area contributed by atoms with E-state index < -0.39 is 17.1 Å². The molecule has 0 N–H and O–H groups in total. The SMILES string of the molecule is CN(C(=O)C1(C#N)COC1)c1cc(Cl)ccc1F. The van der Waals surface area contributed by atoms with Gasteiger partial charge in [0.15, 0.2) is 5.41 Å². The Bertz CT molecular complexity index is 537.